The molecule has 11 nitrogen and oxygen atoms in total. The van der Waals surface area contributed by atoms with Crippen LogP contribution >= 0.6 is 0 Å². The minimum Gasteiger partial charge on any atom is -0.383 e. The molecule has 0 bridgehead atoms. The van der Waals surface area contributed by atoms with Crippen LogP contribution in [0.4, 0.5) is 29.0 Å². The Labute approximate surface area is 311 Å². The van der Waals surface area contributed by atoms with Crippen LogP contribution in [0.1, 0.15) is 77.6 Å². The number of anilines is 5. The molecule has 2 saturated heterocycles. The van der Waals surface area contributed by atoms with E-state index in [0.717, 1.165) is 79.9 Å². The Morgan fingerprint density at radius 2 is 1.96 bits per heavy atom. The van der Waals surface area contributed by atoms with Crippen molar-refractivity contribution in [2.24, 2.45) is 0 Å². The summed E-state index contributed by atoms with van der Waals surface area (Å²) in [6.07, 6.45) is 7.88. The summed E-state index contributed by atoms with van der Waals surface area (Å²) in [5.41, 5.74) is 5.32. The van der Waals surface area contributed by atoms with E-state index in [9.17, 15) is 0 Å². The minimum absolute atomic E-state index is 0.0800. The SMILES string of the molecule is C=C/C=C(\C)C(CC)NCC.CCN(CCOC)c1ccc(Nc2ncc3c(n2)N(c2cccc(C4COCCN4)n2)C2CC(C)(C)OCC32)cc1. The zero-order valence-electron chi connectivity index (χ0n) is 32.3. The number of nitrogens with one attached hydrogen (secondary N) is 3. The third-order valence-corrected chi connectivity index (χ3v) is 10.1. The highest BCUT2D eigenvalue weighted by molar-refractivity contribution is 5.69. The Balaban J connectivity index is 0.000000413. The van der Waals surface area contributed by atoms with Gasteiger partial charge in [-0.25, -0.2) is 9.97 Å². The number of aromatic nitrogens is 3. The number of methoxy groups -OCH3 is 1. The molecule has 52 heavy (non-hydrogen) atoms. The lowest BCUT2D eigenvalue weighted by Crippen LogP contribution is -2.45. The van der Waals surface area contributed by atoms with Gasteiger partial charge in [-0.05, 0) is 83.5 Å². The summed E-state index contributed by atoms with van der Waals surface area (Å²) in [6, 6.07) is 15.4. The van der Waals surface area contributed by atoms with Crippen molar-refractivity contribution in [3.63, 3.8) is 0 Å². The molecule has 3 aliphatic heterocycles. The summed E-state index contributed by atoms with van der Waals surface area (Å²) in [7, 11) is 1.73. The molecule has 3 aromatic rings. The lowest BCUT2D eigenvalue weighted by atomic mass is 9.85. The molecule has 1 aromatic carbocycles. The van der Waals surface area contributed by atoms with Crippen LogP contribution in [0, 0.1) is 0 Å². The van der Waals surface area contributed by atoms with Gasteiger partial charge in [-0.15, -0.1) is 0 Å². The van der Waals surface area contributed by atoms with E-state index < -0.39 is 0 Å². The van der Waals surface area contributed by atoms with E-state index in [1.807, 2.05) is 12.3 Å². The quantitative estimate of drug-likeness (QED) is 0.150. The Kier molecular flexibility index (Phi) is 14.2. The molecule has 6 rings (SSSR count). The smallest absolute Gasteiger partial charge is 0.229 e. The van der Waals surface area contributed by atoms with Crippen LogP contribution in [-0.4, -0.2) is 92.4 Å². The fraction of sp³-hybridized carbons (Fsp3) is 0.537. The number of fused-ring (bicyclic) bond motifs is 3. The third kappa shape index (κ3) is 9.76. The zero-order valence-corrected chi connectivity index (χ0v) is 32.3. The fourth-order valence-corrected chi connectivity index (χ4v) is 7.29. The third-order valence-electron chi connectivity index (χ3n) is 10.1. The summed E-state index contributed by atoms with van der Waals surface area (Å²) in [5, 5.41) is 10.4. The second-order valence-electron chi connectivity index (χ2n) is 14.2. The molecular weight excluding hydrogens is 653 g/mol. The topological polar surface area (TPSA) is 109 Å². The first-order chi connectivity index (χ1) is 25.2. The van der Waals surface area contributed by atoms with E-state index in [-0.39, 0.29) is 23.6 Å². The molecule has 4 atom stereocenters. The van der Waals surface area contributed by atoms with E-state index in [0.29, 0.717) is 31.8 Å². The van der Waals surface area contributed by atoms with Crippen molar-refractivity contribution in [2.75, 3.05) is 74.8 Å². The number of ether oxygens (including phenoxy) is 3. The highest BCUT2D eigenvalue weighted by atomic mass is 16.5. The van der Waals surface area contributed by atoms with Gasteiger partial charge in [-0.1, -0.05) is 44.2 Å². The van der Waals surface area contributed by atoms with Crippen LogP contribution in [0.25, 0.3) is 0 Å². The van der Waals surface area contributed by atoms with Gasteiger partial charge in [0.25, 0.3) is 0 Å². The van der Waals surface area contributed by atoms with Crippen LogP contribution in [-0.2, 0) is 14.2 Å². The van der Waals surface area contributed by atoms with E-state index in [1.54, 1.807) is 7.11 Å². The van der Waals surface area contributed by atoms with Crippen LogP contribution in [0.3, 0.4) is 0 Å². The van der Waals surface area contributed by atoms with Gasteiger partial charge in [-0.2, -0.15) is 4.98 Å². The Bertz CT molecular complexity index is 1610. The zero-order chi connectivity index (χ0) is 37.1. The Morgan fingerprint density at radius 3 is 2.63 bits per heavy atom. The monoisotopic (exact) mass is 712 g/mol. The van der Waals surface area contributed by atoms with Crippen molar-refractivity contribution in [3.8, 4) is 0 Å². The molecule has 0 spiro atoms. The van der Waals surface area contributed by atoms with Gasteiger partial charge in [0.05, 0.1) is 43.8 Å². The number of rotatable bonds is 14. The number of allylic oxidation sites excluding steroid dienone is 2. The molecule has 4 unspecified atom stereocenters. The van der Waals surface area contributed by atoms with Crippen LogP contribution in [0.15, 0.2) is 73.0 Å². The van der Waals surface area contributed by atoms with Crippen molar-refractivity contribution in [3.05, 3.63) is 84.2 Å². The van der Waals surface area contributed by atoms with Crippen molar-refractivity contribution in [2.45, 2.75) is 84.0 Å². The first-order valence-corrected chi connectivity index (χ1v) is 18.9. The number of hydrogen-bond acceptors (Lipinski definition) is 11. The minimum atomic E-state index is -0.232. The molecular formula is C41H60N8O3. The summed E-state index contributed by atoms with van der Waals surface area (Å²) in [4.78, 5) is 19.5. The number of hydrogen-bond donors (Lipinski definition) is 3. The highest BCUT2D eigenvalue weighted by Gasteiger charge is 2.48. The maximum absolute atomic E-state index is 6.27. The van der Waals surface area contributed by atoms with Gasteiger partial charge in [0.15, 0.2) is 0 Å². The van der Waals surface area contributed by atoms with Crippen LogP contribution in [0.5, 0.6) is 0 Å². The molecule has 3 N–H and O–H groups in total. The Hall–Kier alpha value is -3.87. The molecule has 3 aliphatic rings. The predicted molar refractivity (Wildman–Crippen MR) is 212 cm³/mol. The lowest BCUT2D eigenvalue weighted by molar-refractivity contribution is -0.0658. The molecule has 0 amide bonds. The average Bonchev–Trinajstić information content (AvgIpc) is 3.47. The fourth-order valence-electron chi connectivity index (χ4n) is 7.29. The number of pyridine rings is 1. The second kappa shape index (κ2) is 18.8. The van der Waals surface area contributed by atoms with E-state index in [2.05, 4.69) is 122 Å². The predicted octanol–water partition coefficient (Wildman–Crippen LogP) is 7.06. The van der Waals surface area contributed by atoms with Gasteiger partial charge in [0.1, 0.15) is 11.6 Å². The van der Waals surface area contributed by atoms with E-state index >= 15 is 0 Å². The molecule has 2 aromatic heterocycles. The average molecular weight is 713 g/mol. The Morgan fingerprint density at radius 1 is 1.15 bits per heavy atom. The van der Waals surface area contributed by atoms with Crippen molar-refractivity contribution in [1.82, 2.24) is 25.6 Å². The van der Waals surface area contributed by atoms with Gasteiger partial charge in [0.2, 0.25) is 5.95 Å². The lowest BCUT2D eigenvalue weighted by Gasteiger charge is -2.41. The molecule has 11 heteroatoms. The second-order valence-corrected chi connectivity index (χ2v) is 14.2. The van der Waals surface area contributed by atoms with Crippen LogP contribution in [0.2, 0.25) is 0 Å². The molecule has 0 radical (unpaired) electrons. The summed E-state index contributed by atoms with van der Waals surface area (Å²) in [6.45, 7) is 22.9. The first kappa shape index (κ1) is 39.3. The first-order valence-electron chi connectivity index (χ1n) is 18.9. The van der Waals surface area contributed by atoms with Gasteiger partial charge >= 0.3 is 0 Å². The maximum Gasteiger partial charge on any atom is 0.229 e. The molecule has 0 saturated carbocycles. The van der Waals surface area contributed by atoms with E-state index in [1.165, 1.54) is 5.57 Å². The normalized spacial score (nSPS) is 21.3. The summed E-state index contributed by atoms with van der Waals surface area (Å²) >= 11 is 0. The van der Waals surface area contributed by atoms with Gasteiger partial charge < -0.3 is 40.0 Å². The van der Waals surface area contributed by atoms with Gasteiger partial charge in [-0.3, -0.25) is 0 Å². The van der Waals surface area contributed by atoms with Crippen LogP contribution < -0.4 is 25.8 Å². The highest BCUT2D eigenvalue weighted by Crippen LogP contribution is 2.49. The van der Waals surface area contributed by atoms with Gasteiger partial charge in [0, 0.05) is 67.9 Å². The van der Waals surface area contributed by atoms with Crippen molar-refractivity contribution in [1.29, 1.82) is 0 Å². The molecule has 282 valence electrons. The number of likely N-dealkylation sites (N-methyl/N-ethyl adjacent to an activating group) is 2. The van der Waals surface area contributed by atoms with Crippen molar-refractivity contribution >= 4 is 29.0 Å². The summed E-state index contributed by atoms with van der Waals surface area (Å²) in [5.74, 6) is 2.53. The molecule has 2 fully saturated rings. The number of benzene rings is 1. The molecule has 0 aliphatic carbocycles. The number of morpholine rings is 1. The van der Waals surface area contributed by atoms with Crippen molar-refractivity contribution < 1.29 is 14.2 Å². The number of nitrogens with zero attached hydrogens (tertiary/aromatic N) is 5. The van der Waals surface area contributed by atoms with E-state index in [4.69, 9.17) is 29.2 Å². The molecule has 5 heterocycles. The maximum atomic E-state index is 6.27. The standard InChI is InChI=1S/C31H41N7O3.C10H19N/c1-5-37(14-16-39-4)22-11-9-21(10-12-22)34-30-33-18-23-24-19-41-31(2,3)17-27(24)38(29(23)36-30)28-8-6-7-25(35-28)26-20-40-15-13-32-26;1-5-8-9(4)10(6-2)11-7-3/h6-12,18,24,26-27,32H,5,13-17,19-20H2,1-4H3,(H,33,34,36);5,8,10-11H,1,6-7H2,2-4H3/b;9-8+. The summed E-state index contributed by atoms with van der Waals surface area (Å²) < 4.78 is 17.3. The largest absolute Gasteiger partial charge is 0.383 e.